The number of phenols is 1. The van der Waals surface area contributed by atoms with Crippen LogP contribution >= 0.6 is 0 Å². The van der Waals surface area contributed by atoms with E-state index in [0.717, 1.165) is 19.4 Å². The van der Waals surface area contributed by atoms with Crippen molar-refractivity contribution >= 4 is 27.5 Å². The fourth-order valence-electron chi connectivity index (χ4n) is 8.07. The first-order chi connectivity index (χ1) is 22.1. The van der Waals surface area contributed by atoms with Gasteiger partial charge in [-0.3, -0.25) is 4.90 Å². The molecule has 1 aliphatic carbocycles. The number of benzene rings is 2. The molecular formula is C34H31F4N5O3. The molecule has 8 rings (SSSR count). The molecule has 4 aliphatic rings. The topological polar surface area (TPSA) is 83.8 Å². The zero-order valence-electron chi connectivity index (χ0n) is 25.1. The van der Waals surface area contributed by atoms with Crippen molar-refractivity contribution in [1.82, 2.24) is 19.9 Å². The molecule has 0 radical (unpaired) electrons. The Balaban J connectivity index is 1.34. The maximum absolute atomic E-state index is 16.9. The molecule has 2 atom stereocenters. The molecule has 4 aromatic rings. The number of hydrogen-bond donors (Lipinski definition) is 1. The van der Waals surface area contributed by atoms with Crippen LogP contribution in [0.4, 0.5) is 23.4 Å². The fourth-order valence-corrected chi connectivity index (χ4v) is 8.07. The SMILES string of the molecule is C#Cc1c(F)ccc2cc(O)cc(-c3nc4c5c(nc(OC[C@@]67CCCN6C[C@H](F)C7)nc5c3F)N(C)C3(CCO4)CC(F)C3)c12. The second-order valence-corrected chi connectivity index (χ2v) is 13.0. The van der Waals surface area contributed by atoms with Crippen molar-refractivity contribution in [2.75, 3.05) is 38.3 Å². The number of aromatic nitrogens is 3. The Morgan fingerprint density at radius 3 is 2.70 bits per heavy atom. The number of phenolic OH excluding ortho intramolecular Hbond substituents is 1. The normalized spacial score (nSPS) is 27.3. The summed E-state index contributed by atoms with van der Waals surface area (Å²) in [6, 6.07) is 5.18. The van der Waals surface area contributed by atoms with Crippen LogP contribution in [0.3, 0.4) is 0 Å². The summed E-state index contributed by atoms with van der Waals surface area (Å²) in [5.74, 6) is 0.863. The molecule has 3 aliphatic heterocycles. The lowest BCUT2D eigenvalue weighted by molar-refractivity contribution is 0.0725. The van der Waals surface area contributed by atoms with E-state index in [4.69, 9.17) is 20.9 Å². The van der Waals surface area contributed by atoms with Crippen molar-refractivity contribution in [1.29, 1.82) is 0 Å². The van der Waals surface area contributed by atoms with Gasteiger partial charge in [-0.05, 0) is 43.0 Å². The van der Waals surface area contributed by atoms with Gasteiger partial charge in [0.1, 0.15) is 52.9 Å². The lowest BCUT2D eigenvalue weighted by atomic mass is 9.71. The number of hydrogen-bond acceptors (Lipinski definition) is 8. The van der Waals surface area contributed by atoms with E-state index in [0.29, 0.717) is 24.8 Å². The standard InChI is InChI=1S/C34H31F4N5O3/c1-3-22-24(37)6-5-18-11-21(44)12-23(25(18)22)28-27(38)29-26-30(42(2)33(13-19(35)14-33)8-10-45-31(26)39-28)41-32(40-29)46-17-34-7-4-9-43(34)16-20(36)15-34/h1,5-6,11-12,19-20,44H,4,7-10,13-17H2,2H3/t19?,20-,33?,34+/m1/s1. The average Bonchev–Trinajstić information content (AvgIpc) is 3.54. The van der Waals surface area contributed by atoms with Crippen molar-refractivity contribution in [3.63, 3.8) is 0 Å². The predicted molar refractivity (Wildman–Crippen MR) is 164 cm³/mol. The molecule has 238 valence electrons. The smallest absolute Gasteiger partial charge is 0.319 e. The van der Waals surface area contributed by atoms with Crippen LogP contribution in [0.25, 0.3) is 32.9 Å². The molecule has 46 heavy (non-hydrogen) atoms. The van der Waals surface area contributed by atoms with Crippen LogP contribution in [0.2, 0.25) is 0 Å². The molecule has 8 nitrogen and oxygen atoms in total. The molecule has 2 aromatic carbocycles. The molecule has 1 spiro atoms. The molecule has 0 bridgehead atoms. The first kappa shape index (κ1) is 29.1. The number of ether oxygens (including phenoxy) is 2. The van der Waals surface area contributed by atoms with Gasteiger partial charge in [0.25, 0.3) is 0 Å². The third-order valence-corrected chi connectivity index (χ3v) is 10.4. The number of rotatable bonds is 4. The zero-order valence-corrected chi connectivity index (χ0v) is 25.1. The second-order valence-electron chi connectivity index (χ2n) is 13.0. The van der Waals surface area contributed by atoms with Crippen molar-refractivity contribution < 1.29 is 32.1 Å². The maximum atomic E-state index is 16.9. The van der Waals surface area contributed by atoms with Gasteiger partial charge in [-0.1, -0.05) is 12.0 Å². The van der Waals surface area contributed by atoms with E-state index >= 15 is 4.39 Å². The van der Waals surface area contributed by atoms with Crippen LogP contribution in [-0.4, -0.2) is 81.7 Å². The number of terminal acetylenes is 1. The monoisotopic (exact) mass is 633 g/mol. The number of halogens is 4. The minimum absolute atomic E-state index is 0.0255. The van der Waals surface area contributed by atoms with Gasteiger partial charge in [0.15, 0.2) is 5.82 Å². The summed E-state index contributed by atoms with van der Waals surface area (Å²) >= 11 is 0. The Kier molecular flexibility index (Phi) is 6.52. The number of aromatic hydroxyl groups is 1. The highest BCUT2D eigenvalue weighted by Gasteiger charge is 2.51. The number of anilines is 1. The first-order valence-corrected chi connectivity index (χ1v) is 15.5. The lowest BCUT2D eigenvalue weighted by Gasteiger charge is -2.51. The van der Waals surface area contributed by atoms with Crippen molar-refractivity contribution in [3.8, 4) is 41.2 Å². The average molecular weight is 634 g/mol. The van der Waals surface area contributed by atoms with Crippen LogP contribution in [0.5, 0.6) is 17.6 Å². The zero-order chi connectivity index (χ0) is 32.0. The van der Waals surface area contributed by atoms with E-state index in [-0.39, 0.29) is 82.6 Å². The molecule has 0 amide bonds. The molecule has 2 saturated heterocycles. The van der Waals surface area contributed by atoms with Gasteiger partial charge < -0.3 is 19.5 Å². The van der Waals surface area contributed by atoms with E-state index in [1.54, 1.807) is 7.05 Å². The van der Waals surface area contributed by atoms with Gasteiger partial charge in [0.05, 0.1) is 23.2 Å². The molecule has 0 unspecified atom stereocenters. The van der Waals surface area contributed by atoms with Crippen molar-refractivity contribution in [2.24, 2.45) is 0 Å². The summed E-state index contributed by atoms with van der Waals surface area (Å²) in [7, 11) is 1.78. The Morgan fingerprint density at radius 2 is 1.91 bits per heavy atom. The molecule has 1 saturated carbocycles. The van der Waals surface area contributed by atoms with Gasteiger partial charge in [0.2, 0.25) is 5.88 Å². The van der Waals surface area contributed by atoms with Gasteiger partial charge in [0, 0.05) is 50.2 Å². The Hall–Kier alpha value is -4.37. The predicted octanol–water partition coefficient (Wildman–Crippen LogP) is 5.85. The van der Waals surface area contributed by atoms with Gasteiger partial charge in [-0.2, -0.15) is 9.97 Å². The third kappa shape index (κ3) is 4.27. The largest absolute Gasteiger partial charge is 0.508 e. The molecule has 2 aromatic heterocycles. The highest BCUT2D eigenvalue weighted by molar-refractivity contribution is 6.04. The number of nitrogens with zero attached hydrogens (tertiary/aromatic N) is 5. The molecule has 5 heterocycles. The fraction of sp³-hybridized carbons (Fsp3) is 0.441. The summed E-state index contributed by atoms with van der Waals surface area (Å²) < 4.78 is 73.0. The quantitative estimate of drug-likeness (QED) is 0.221. The van der Waals surface area contributed by atoms with Crippen LogP contribution in [0.1, 0.15) is 44.1 Å². The number of alkyl halides is 2. The van der Waals surface area contributed by atoms with Crippen molar-refractivity contribution in [2.45, 2.75) is 61.9 Å². The van der Waals surface area contributed by atoms with Gasteiger partial charge in [-0.25, -0.2) is 22.5 Å². The summed E-state index contributed by atoms with van der Waals surface area (Å²) in [6.07, 6.45) is 6.70. The van der Waals surface area contributed by atoms with E-state index < -0.39 is 35.1 Å². The third-order valence-electron chi connectivity index (χ3n) is 10.4. The minimum atomic E-state index is -0.986. The van der Waals surface area contributed by atoms with E-state index in [1.165, 1.54) is 24.3 Å². The van der Waals surface area contributed by atoms with Crippen LogP contribution < -0.4 is 14.4 Å². The van der Waals surface area contributed by atoms with Crippen LogP contribution in [-0.2, 0) is 0 Å². The molecule has 12 heteroatoms. The Morgan fingerprint density at radius 1 is 1.09 bits per heavy atom. The summed E-state index contributed by atoms with van der Waals surface area (Å²) in [5.41, 5.74) is -1.61. The Labute approximate surface area is 262 Å². The molecule has 1 N–H and O–H groups in total. The molecular weight excluding hydrogens is 602 g/mol. The first-order valence-electron chi connectivity index (χ1n) is 15.5. The Bertz CT molecular complexity index is 1960. The molecule has 3 fully saturated rings. The van der Waals surface area contributed by atoms with Gasteiger partial charge in [-0.15, -0.1) is 6.42 Å². The van der Waals surface area contributed by atoms with Gasteiger partial charge >= 0.3 is 6.01 Å². The highest BCUT2D eigenvalue weighted by atomic mass is 19.1. The highest BCUT2D eigenvalue weighted by Crippen LogP contribution is 2.49. The van der Waals surface area contributed by atoms with Crippen molar-refractivity contribution in [3.05, 3.63) is 41.5 Å². The lowest BCUT2D eigenvalue weighted by Crippen LogP contribution is -2.58. The van der Waals surface area contributed by atoms with Crippen LogP contribution in [0, 0.1) is 24.0 Å². The van der Waals surface area contributed by atoms with Crippen LogP contribution in [0.15, 0.2) is 24.3 Å². The number of pyridine rings is 1. The minimum Gasteiger partial charge on any atom is -0.508 e. The van der Waals surface area contributed by atoms with E-state index in [2.05, 4.69) is 20.8 Å². The van der Waals surface area contributed by atoms with E-state index in [9.17, 15) is 18.3 Å². The summed E-state index contributed by atoms with van der Waals surface area (Å²) in [5, 5.41) is 11.3. The summed E-state index contributed by atoms with van der Waals surface area (Å²) in [6.45, 7) is 1.39. The second kappa shape index (κ2) is 10.3. The number of fused-ring (bicyclic) bond motifs is 2. The maximum Gasteiger partial charge on any atom is 0.319 e. The summed E-state index contributed by atoms with van der Waals surface area (Å²) in [4.78, 5) is 17.7. The van der Waals surface area contributed by atoms with E-state index in [1.807, 2.05) is 4.90 Å².